The first-order valence-electron chi connectivity index (χ1n) is 7.20. The molecule has 8 heteroatoms. The summed E-state index contributed by atoms with van der Waals surface area (Å²) in [6, 6.07) is 5.24. The zero-order chi connectivity index (χ0) is 16.6. The van der Waals surface area contributed by atoms with Gasteiger partial charge in [0, 0.05) is 11.6 Å². The molecule has 3 rings (SSSR count). The summed E-state index contributed by atoms with van der Waals surface area (Å²) in [7, 11) is 3.98. The van der Waals surface area contributed by atoms with Crippen molar-refractivity contribution in [3.05, 3.63) is 44.1 Å². The minimum atomic E-state index is -0.674. The number of aryl methyl sites for hydroxylation is 1. The molecule has 2 aliphatic heterocycles. The predicted octanol–water partition coefficient (Wildman–Crippen LogP) is 1.19. The van der Waals surface area contributed by atoms with Crippen LogP contribution in [-0.4, -0.2) is 45.1 Å². The molecule has 0 radical (unpaired) electrons. The maximum absolute atomic E-state index is 12.0. The molecule has 2 heterocycles. The number of aromatic amines is 1. The second-order valence-electron chi connectivity index (χ2n) is 5.60. The van der Waals surface area contributed by atoms with E-state index >= 15 is 0 Å². The highest BCUT2D eigenvalue weighted by atomic mass is 35.5. The van der Waals surface area contributed by atoms with E-state index < -0.39 is 11.2 Å². The normalized spacial score (nSPS) is 11.7. The van der Waals surface area contributed by atoms with Gasteiger partial charge in [-0.2, -0.15) is 4.98 Å². The molecule has 0 spiro atoms. The molecular formula is C15H16ClN5O2. The first-order valence-corrected chi connectivity index (χ1v) is 7.58. The lowest BCUT2D eigenvalue weighted by Crippen LogP contribution is -2.29. The van der Waals surface area contributed by atoms with Gasteiger partial charge in [0.2, 0.25) is 0 Å². The maximum Gasteiger partial charge on any atom is 0.349 e. The predicted molar refractivity (Wildman–Crippen MR) is 89.2 cm³/mol. The standard InChI is InChI=1S/C15H16ClN5O2/c1-20(2)6-3-7-21-11-8-9(16)4-5-10(11)17-12-13(21)18-15(23)19-14(12)22/h4-5,8H,3,6-7H2,1-2H3,(H,19,22,23). The van der Waals surface area contributed by atoms with E-state index in [4.69, 9.17) is 11.6 Å². The number of nitrogens with one attached hydrogen (secondary N) is 1. The Balaban J connectivity index is 2.27. The monoisotopic (exact) mass is 333 g/mol. The Morgan fingerprint density at radius 1 is 1.26 bits per heavy atom. The number of hydrogen-bond acceptors (Lipinski definition) is 5. The van der Waals surface area contributed by atoms with Crippen molar-refractivity contribution in [3.8, 4) is 11.5 Å². The number of hydrogen-bond donors (Lipinski definition) is 1. The third-order valence-corrected chi connectivity index (χ3v) is 3.79. The molecule has 0 saturated carbocycles. The number of H-pyrrole nitrogens is 1. The summed E-state index contributed by atoms with van der Waals surface area (Å²) in [6.07, 6.45) is 0.834. The molecule has 0 aliphatic carbocycles. The van der Waals surface area contributed by atoms with Gasteiger partial charge in [0.05, 0.1) is 11.0 Å². The van der Waals surface area contributed by atoms with E-state index in [1.54, 1.807) is 18.2 Å². The van der Waals surface area contributed by atoms with Gasteiger partial charge in [-0.15, -0.1) is 0 Å². The Bertz CT molecular complexity index is 947. The van der Waals surface area contributed by atoms with Crippen LogP contribution in [0, 0.1) is 0 Å². The highest BCUT2D eigenvalue weighted by molar-refractivity contribution is 6.31. The molecule has 1 aromatic rings. The average Bonchev–Trinajstić information content (AvgIpc) is 2.47. The molecule has 1 aromatic carbocycles. The molecule has 1 N–H and O–H groups in total. The highest BCUT2D eigenvalue weighted by Gasteiger charge is 2.18. The van der Waals surface area contributed by atoms with E-state index in [9.17, 15) is 9.59 Å². The molecule has 7 nitrogen and oxygen atoms in total. The molecule has 0 aromatic heterocycles. The number of aromatic nitrogens is 4. The molecule has 0 unspecified atom stereocenters. The minimum Gasteiger partial charge on any atom is -0.322 e. The van der Waals surface area contributed by atoms with Crippen LogP contribution in [0.1, 0.15) is 6.42 Å². The van der Waals surface area contributed by atoms with Crippen LogP contribution in [0.4, 0.5) is 0 Å². The van der Waals surface area contributed by atoms with Crippen LogP contribution in [0.25, 0.3) is 22.6 Å². The first-order chi connectivity index (χ1) is 11.0. The summed E-state index contributed by atoms with van der Waals surface area (Å²) < 4.78 is 1.84. The van der Waals surface area contributed by atoms with Gasteiger partial charge in [0.25, 0.3) is 5.56 Å². The fourth-order valence-corrected chi connectivity index (χ4v) is 2.70. The summed E-state index contributed by atoms with van der Waals surface area (Å²) in [4.78, 5) is 36.1. The van der Waals surface area contributed by atoms with Gasteiger partial charge in [0.1, 0.15) is 0 Å². The van der Waals surface area contributed by atoms with Crippen molar-refractivity contribution in [1.82, 2.24) is 24.4 Å². The summed E-state index contributed by atoms with van der Waals surface area (Å²) in [5.74, 6) is 0.285. The topological polar surface area (TPSA) is 83.9 Å². The SMILES string of the molecule is CN(C)CCCn1c2nc(=O)[nH]c(=O)c-2nc2ccc(Cl)cc21. The second-order valence-corrected chi connectivity index (χ2v) is 6.03. The van der Waals surface area contributed by atoms with Crippen molar-refractivity contribution in [2.45, 2.75) is 13.0 Å². The van der Waals surface area contributed by atoms with Crippen LogP contribution in [-0.2, 0) is 6.54 Å². The first kappa shape index (κ1) is 15.6. The third kappa shape index (κ3) is 3.11. The fraction of sp³-hybridized carbons (Fsp3) is 0.333. The van der Waals surface area contributed by atoms with Gasteiger partial charge in [-0.3, -0.25) is 9.78 Å². The van der Waals surface area contributed by atoms with Crippen LogP contribution in [0.5, 0.6) is 0 Å². The van der Waals surface area contributed by atoms with Crippen LogP contribution in [0.2, 0.25) is 5.02 Å². The number of benzene rings is 1. The molecule has 0 saturated heterocycles. The molecule has 23 heavy (non-hydrogen) atoms. The molecule has 0 amide bonds. The average molecular weight is 334 g/mol. The Kier molecular flexibility index (Phi) is 4.14. The molecular weight excluding hydrogens is 318 g/mol. The Labute approximate surface area is 136 Å². The van der Waals surface area contributed by atoms with Crippen molar-refractivity contribution in [1.29, 1.82) is 0 Å². The lowest BCUT2D eigenvalue weighted by atomic mass is 10.2. The quantitative estimate of drug-likeness (QED) is 0.725. The lowest BCUT2D eigenvalue weighted by Gasteiger charge is -2.17. The van der Waals surface area contributed by atoms with Crippen LogP contribution < -0.4 is 11.2 Å². The Morgan fingerprint density at radius 3 is 2.78 bits per heavy atom. The van der Waals surface area contributed by atoms with Gasteiger partial charge in [-0.1, -0.05) is 11.6 Å². The van der Waals surface area contributed by atoms with E-state index in [0.29, 0.717) is 17.1 Å². The largest absolute Gasteiger partial charge is 0.349 e. The van der Waals surface area contributed by atoms with E-state index in [2.05, 4.69) is 19.9 Å². The Hall–Kier alpha value is -2.25. The van der Waals surface area contributed by atoms with E-state index in [1.165, 1.54) is 0 Å². The molecule has 0 bridgehead atoms. The van der Waals surface area contributed by atoms with Crippen molar-refractivity contribution in [2.75, 3.05) is 20.6 Å². The van der Waals surface area contributed by atoms with Crippen molar-refractivity contribution < 1.29 is 0 Å². The molecule has 0 atom stereocenters. The smallest absolute Gasteiger partial charge is 0.322 e. The summed E-state index contributed by atoms with van der Waals surface area (Å²) in [5.41, 5.74) is 0.341. The minimum absolute atomic E-state index is 0.157. The van der Waals surface area contributed by atoms with Crippen molar-refractivity contribution in [3.63, 3.8) is 0 Å². The maximum atomic E-state index is 12.0. The van der Waals surface area contributed by atoms with Crippen molar-refractivity contribution >= 4 is 22.6 Å². The van der Waals surface area contributed by atoms with Gasteiger partial charge in [-0.05, 0) is 45.3 Å². The summed E-state index contributed by atoms with van der Waals surface area (Å²) in [5, 5.41) is 0.562. The number of rotatable bonds is 4. The zero-order valence-corrected chi connectivity index (χ0v) is 13.6. The molecule has 120 valence electrons. The zero-order valence-electron chi connectivity index (χ0n) is 12.8. The third-order valence-electron chi connectivity index (χ3n) is 3.56. The van der Waals surface area contributed by atoms with E-state index in [-0.39, 0.29) is 11.5 Å². The number of nitrogens with zero attached hydrogens (tertiary/aromatic N) is 4. The summed E-state index contributed by atoms with van der Waals surface area (Å²) in [6.45, 7) is 1.47. The van der Waals surface area contributed by atoms with Crippen LogP contribution >= 0.6 is 11.6 Å². The van der Waals surface area contributed by atoms with Gasteiger partial charge in [0.15, 0.2) is 11.5 Å². The van der Waals surface area contributed by atoms with Crippen LogP contribution in [0.3, 0.4) is 0 Å². The molecule has 2 aliphatic rings. The molecule has 0 fully saturated rings. The van der Waals surface area contributed by atoms with Gasteiger partial charge < -0.3 is 9.47 Å². The highest BCUT2D eigenvalue weighted by Crippen LogP contribution is 2.23. The lowest BCUT2D eigenvalue weighted by molar-refractivity contribution is 0.387. The number of halogens is 1. The summed E-state index contributed by atoms with van der Waals surface area (Å²) >= 11 is 6.09. The van der Waals surface area contributed by atoms with Gasteiger partial charge >= 0.3 is 5.69 Å². The van der Waals surface area contributed by atoms with E-state index in [1.807, 2.05) is 18.7 Å². The van der Waals surface area contributed by atoms with Crippen molar-refractivity contribution in [2.24, 2.45) is 0 Å². The van der Waals surface area contributed by atoms with E-state index in [0.717, 1.165) is 18.5 Å². The second kappa shape index (κ2) is 6.10. The van der Waals surface area contributed by atoms with Crippen LogP contribution in [0.15, 0.2) is 27.8 Å². The van der Waals surface area contributed by atoms with Gasteiger partial charge in [-0.25, -0.2) is 9.78 Å². The Morgan fingerprint density at radius 2 is 2.04 bits per heavy atom. The fourth-order valence-electron chi connectivity index (χ4n) is 2.54. The number of fused-ring (bicyclic) bond motifs is 2.